The monoisotopic (exact) mass is 323 g/mol. The highest BCUT2D eigenvalue weighted by Gasteiger charge is 2.40. The first-order valence-electron chi connectivity index (χ1n) is 8.85. The van der Waals surface area contributed by atoms with Crippen molar-refractivity contribution in [2.45, 2.75) is 32.1 Å². The van der Waals surface area contributed by atoms with Gasteiger partial charge < -0.3 is 5.11 Å². The molecule has 4 heteroatoms. The van der Waals surface area contributed by atoms with Crippen LogP contribution in [-0.4, -0.2) is 40.7 Å². The van der Waals surface area contributed by atoms with E-state index < -0.39 is 11.9 Å². The van der Waals surface area contributed by atoms with Crippen LogP contribution in [0.15, 0.2) is 40.9 Å². The molecule has 1 saturated heterocycles. The van der Waals surface area contributed by atoms with E-state index >= 15 is 0 Å². The topological polar surface area (TPSA) is 52.7 Å². The Labute approximate surface area is 142 Å². The van der Waals surface area contributed by atoms with Gasteiger partial charge in [0.05, 0.1) is 11.6 Å². The molecule has 0 spiro atoms. The molecule has 4 rings (SSSR count). The van der Waals surface area contributed by atoms with Crippen LogP contribution in [-0.2, 0) is 4.79 Å². The molecule has 3 aliphatic heterocycles. The van der Waals surface area contributed by atoms with Crippen molar-refractivity contribution in [3.8, 4) is 0 Å². The molecule has 3 heterocycles. The van der Waals surface area contributed by atoms with E-state index in [1.165, 1.54) is 11.1 Å². The van der Waals surface area contributed by atoms with Gasteiger partial charge in [-0.25, -0.2) is 4.58 Å². The lowest BCUT2D eigenvalue weighted by Gasteiger charge is -2.20. The molecule has 2 bridgehead atoms. The lowest BCUT2D eigenvalue weighted by Crippen LogP contribution is -2.30. The number of fused-ring (bicyclic) bond motifs is 5. The van der Waals surface area contributed by atoms with Crippen LogP contribution in [0.4, 0.5) is 5.69 Å². The summed E-state index contributed by atoms with van der Waals surface area (Å²) in [5.74, 6) is -0.794. The predicted octanol–water partition coefficient (Wildman–Crippen LogP) is 3.40. The highest BCUT2D eigenvalue weighted by molar-refractivity contribution is 6.09. The molecule has 124 valence electrons. The van der Waals surface area contributed by atoms with Crippen molar-refractivity contribution in [3.05, 3.63) is 41.5 Å². The van der Waals surface area contributed by atoms with Gasteiger partial charge in [0, 0.05) is 29.5 Å². The van der Waals surface area contributed by atoms with Crippen molar-refractivity contribution in [2.24, 2.45) is 16.8 Å². The highest BCUT2D eigenvalue weighted by Crippen LogP contribution is 2.41. The fraction of sp³-hybridized carbons (Fsp3) is 0.450. The summed E-state index contributed by atoms with van der Waals surface area (Å²) in [5.41, 5.74) is 4.34. The first kappa shape index (κ1) is 15.3. The van der Waals surface area contributed by atoms with Gasteiger partial charge in [0.1, 0.15) is 13.1 Å². The molecule has 1 N–H and O–H groups in total. The third-order valence-electron chi connectivity index (χ3n) is 5.49. The Hall–Kier alpha value is -2.23. The smallest absolute Gasteiger partial charge is 0.312 e. The second kappa shape index (κ2) is 6.00. The Morgan fingerprint density at radius 1 is 1.38 bits per heavy atom. The van der Waals surface area contributed by atoms with Gasteiger partial charge in [-0.1, -0.05) is 31.2 Å². The molecule has 1 aromatic carbocycles. The lowest BCUT2D eigenvalue weighted by atomic mass is 9.82. The number of allylic oxidation sites excluding steroid dienone is 1. The van der Waals surface area contributed by atoms with Gasteiger partial charge in [0.2, 0.25) is 0 Å². The van der Waals surface area contributed by atoms with Crippen LogP contribution in [0.3, 0.4) is 0 Å². The first-order valence-corrected chi connectivity index (χ1v) is 8.85. The minimum Gasteiger partial charge on any atom is -0.481 e. The van der Waals surface area contributed by atoms with Gasteiger partial charge in [-0.15, -0.1) is 0 Å². The van der Waals surface area contributed by atoms with Gasteiger partial charge in [0.15, 0.2) is 6.21 Å². The summed E-state index contributed by atoms with van der Waals surface area (Å²) in [4.78, 5) is 16.8. The number of rotatable bonds is 2. The third kappa shape index (κ3) is 2.60. The van der Waals surface area contributed by atoms with Crippen LogP contribution in [0.25, 0.3) is 0 Å². The minimum atomic E-state index is -0.735. The van der Waals surface area contributed by atoms with Gasteiger partial charge >= 0.3 is 5.97 Å². The van der Waals surface area contributed by atoms with Crippen LogP contribution >= 0.6 is 0 Å². The van der Waals surface area contributed by atoms with E-state index in [1.54, 1.807) is 0 Å². The zero-order valence-corrected chi connectivity index (χ0v) is 14.0. The van der Waals surface area contributed by atoms with Crippen LogP contribution < -0.4 is 0 Å². The Morgan fingerprint density at radius 2 is 2.21 bits per heavy atom. The van der Waals surface area contributed by atoms with E-state index in [4.69, 9.17) is 4.99 Å². The Bertz CT molecular complexity index is 776. The second-order valence-electron chi connectivity index (χ2n) is 7.04. The van der Waals surface area contributed by atoms with Crippen LogP contribution in [0, 0.1) is 11.8 Å². The fourth-order valence-electron chi connectivity index (χ4n) is 4.32. The maximum atomic E-state index is 12.0. The van der Waals surface area contributed by atoms with Crippen molar-refractivity contribution in [1.82, 2.24) is 0 Å². The number of nitrogens with zero attached hydrogens (tertiary/aromatic N) is 2. The molecule has 0 aromatic heterocycles. The number of hydrogen-bond acceptors (Lipinski definition) is 2. The number of aliphatic carboxylic acids is 1. The van der Waals surface area contributed by atoms with E-state index in [9.17, 15) is 9.90 Å². The molecule has 0 radical (unpaired) electrons. The highest BCUT2D eigenvalue weighted by atomic mass is 16.4. The summed E-state index contributed by atoms with van der Waals surface area (Å²) in [6, 6.07) is 8.12. The molecular weight excluding hydrogens is 300 g/mol. The lowest BCUT2D eigenvalue weighted by molar-refractivity contribution is -0.530. The summed E-state index contributed by atoms with van der Waals surface area (Å²) in [7, 11) is 0. The maximum Gasteiger partial charge on any atom is 0.312 e. The number of aliphatic imine (C=N–C) groups is 1. The SMILES string of the molecule is CCC1=CC2CC(C(=O)O)C3=Nc4ccccc4C3CC[N+](=C1)C2. The molecule has 3 unspecified atom stereocenters. The Balaban J connectivity index is 1.76. The van der Waals surface area contributed by atoms with E-state index in [0.29, 0.717) is 6.42 Å². The van der Waals surface area contributed by atoms with Crippen LogP contribution in [0.1, 0.15) is 37.7 Å². The molecule has 3 atom stereocenters. The number of carbonyl (C=O) groups is 1. The van der Waals surface area contributed by atoms with E-state index in [2.05, 4.69) is 29.9 Å². The summed E-state index contributed by atoms with van der Waals surface area (Å²) < 4.78 is 2.38. The normalized spacial score (nSPS) is 28.4. The number of carboxylic acid groups (broad SMARTS) is 1. The molecule has 0 saturated carbocycles. The molecule has 3 aliphatic rings. The van der Waals surface area contributed by atoms with Crippen LogP contribution in [0.5, 0.6) is 0 Å². The van der Waals surface area contributed by atoms with E-state index in [1.807, 2.05) is 18.2 Å². The Kier molecular flexibility index (Phi) is 3.83. The molecule has 1 aromatic rings. The summed E-state index contributed by atoms with van der Waals surface area (Å²) in [6.45, 7) is 4.04. The van der Waals surface area contributed by atoms with Crippen molar-refractivity contribution in [1.29, 1.82) is 0 Å². The van der Waals surface area contributed by atoms with Gasteiger partial charge in [-0.05, 0) is 24.5 Å². The van der Waals surface area contributed by atoms with Gasteiger partial charge in [0.25, 0.3) is 0 Å². The van der Waals surface area contributed by atoms with Crippen molar-refractivity contribution in [2.75, 3.05) is 13.1 Å². The van der Waals surface area contributed by atoms with Crippen molar-refractivity contribution in [3.63, 3.8) is 0 Å². The van der Waals surface area contributed by atoms with Crippen LogP contribution in [0.2, 0.25) is 0 Å². The van der Waals surface area contributed by atoms with E-state index in [0.717, 1.165) is 37.3 Å². The minimum absolute atomic E-state index is 0.139. The standard InChI is InChI=1S/C20H22N2O2/c1-2-13-9-14-10-17(20(23)24)19-16(7-8-22(11-13)12-14)15-5-3-4-6-18(15)21-19/h3-6,9,11,14,16-17H,2,7-8,10,12H2,1H3/p+1. The molecule has 24 heavy (non-hydrogen) atoms. The number of hydrogen-bond donors (Lipinski definition) is 1. The molecule has 0 amide bonds. The summed E-state index contributed by atoms with van der Waals surface area (Å²) in [5, 5.41) is 9.87. The second-order valence-corrected chi connectivity index (χ2v) is 7.04. The third-order valence-corrected chi connectivity index (χ3v) is 5.49. The zero-order valence-electron chi connectivity index (χ0n) is 14.0. The van der Waals surface area contributed by atoms with Gasteiger partial charge in [-0.2, -0.15) is 0 Å². The average Bonchev–Trinajstić information content (AvgIpc) is 2.96. The predicted molar refractivity (Wildman–Crippen MR) is 94.6 cm³/mol. The quantitative estimate of drug-likeness (QED) is 0.848. The molecular formula is C20H23N2O2+. The zero-order chi connectivity index (χ0) is 16.7. The summed E-state index contributed by atoms with van der Waals surface area (Å²) >= 11 is 0. The maximum absolute atomic E-state index is 12.0. The molecule has 4 nitrogen and oxygen atoms in total. The first-order chi connectivity index (χ1) is 11.7. The van der Waals surface area contributed by atoms with Crippen molar-refractivity contribution < 1.29 is 14.5 Å². The molecule has 1 fully saturated rings. The fourth-order valence-corrected chi connectivity index (χ4v) is 4.32. The van der Waals surface area contributed by atoms with E-state index in [-0.39, 0.29) is 11.8 Å². The largest absolute Gasteiger partial charge is 0.481 e. The van der Waals surface area contributed by atoms with Gasteiger partial charge in [-0.3, -0.25) is 9.79 Å². The Morgan fingerprint density at radius 3 is 3.00 bits per heavy atom. The summed E-state index contributed by atoms with van der Waals surface area (Å²) in [6.07, 6.45) is 7.11. The number of para-hydroxylation sites is 1. The molecule has 0 aliphatic carbocycles. The van der Waals surface area contributed by atoms with Crippen molar-refractivity contribution >= 4 is 23.6 Å². The average molecular weight is 323 g/mol. The number of benzene rings is 1. The number of carboxylic acids is 1.